The number of hydrogen-bond acceptors (Lipinski definition) is 4. The SMILES string of the molecule is O=S(=O)(CCSc1nc2ccc(Cl)cc2[nH]1)c1ccccc1. The summed E-state index contributed by atoms with van der Waals surface area (Å²) in [5.41, 5.74) is 1.67. The second-order valence-corrected chi connectivity index (χ2v) is 8.31. The third kappa shape index (κ3) is 3.45. The van der Waals surface area contributed by atoms with E-state index < -0.39 is 9.84 Å². The normalized spacial score (nSPS) is 11.9. The first kappa shape index (κ1) is 15.4. The van der Waals surface area contributed by atoms with Gasteiger partial charge in [0.05, 0.1) is 21.7 Å². The second-order valence-electron chi connectivity index (χ2n) is 4.68. The van der Waals surface area contributed by atoms with E-state index in [4.69, 9.17) is 11.6 Å². The zero-order valence-electron chi connectivity index (χ0n) is 11.5. The van der Waals surface area contributed by atoms with Gasteiger partial charge in [0.15, 0.2) is 15.0 Å². The van der Waals surface area contributed by atoms with Gasteiger partial charge in [-0.3, -0.25) is 0 Å². The summed E-state index contributed by atoms with van der Waals surface area (Å²) in [5, 5.41) is 1.33. The summed E-state index contributed by atoms with van der Waals surface area (Å²) in [6.07, 6.45) is 0. The van der Waals surface area contributed by atoms with Gasteiger partial charge in [-0.05, 0) is 30.3 Å². The Bertz CT molecular complexity index is 892. The van der Waals surface area contributed by atoms with Crippen LogP contribution in [-0.4, -0.2) is 29.9 Å². The van der Waals surface area contributed by atoms with Gasteiger partial charge in [-0.1, -0.05) is 41.6 Å². The highest BCUT2D eigenvalue weighted by molar-refractivity contribution is 8.00. The van der Waals surface area contributed by atoms with Crippen LogP contribution in [0.3, 0.4) is 0 Å². The minimum Gasteiger partial charge on any atom is -0.333 e. The van der Waals surface area contributed by atoms with Gasteiger partial charge in [-0.15, -0.1) is 0 Å². The van der Waals surface area contributed by atoms with Crippen molar-refractivity contribution in [1.29, 1.82) is 0 Å². The number of aromatic nitrogens is 2. The molecule has 1 aromatic heterocycles. The Labute approximate surface area is 137 Å². The molecule has 0 bridgehead atoms. The average Bonchev–Trinajstić information content (AvgIpc) is 2.89. The average molecular weight is 353 g/mol. The maximum absolute atomic E-state index is 12.2. The molecule has 0 saturated heterocycles. The number of hydrogen-bond donors (Lipinski definition) is 1. The third-order valence-corrected chi connectivity index (χ3v) is 6.22. The predicted molar refractivity (Wildman–Crippen MR) is 90.3 cm³/mol. The lowest BCUT2D eigenvalue weighted by atomic mass is 10.3. The predicted octanol–water partition coefficient (Wildman–Crippen LogP) is 3.78. The lowest BCUT2D eigenvalue weighted by Gasteiger charge is -2.02. The lowest BCUT2D eigenvalue weighted by Crippen LogP contribution is -2.08. The number of nitrogens with zero attached hydrogens (tertiary/aromatic N) is 1. The molecule has 0 atom stereocenters. The van der Waals surface area contributed by atoms with Crippen molar-refractivity contribution in [2.75, 3.05) is 11.5 Å². The van der Waals surface area contributed by atoms with Gasteiger partial charge in [0, 0.05) is 10.8 Å². The number of sulfone groups is 1. The van der Waals surface area contributed by atoms with Crippen molar-refractivity contribution in [2.45, 2.75) is 10.1 Å². The molecule has 1 N–H and O–H groups in total. The van der Waals surface area contributed by atoms with Crippen LogP contribution in [0.25, 0.3) is 11.0 Å². The van der Waals surface area contributed by atoms with Gasteiger partial charge in [-0.25, -0.2) is 13.4 Å². The van der Waals surface area contributed by atoms with Gasteiger partial charge in [-0.2, -0.15) is 0 Å². The summed E-state index contributed by atoms with van der Waals surface area (Å²) >= 11 is 7.31. The van der Waals surface area contributed by atoms with Crippen LogP contribution in [0.4, 0.5) is 0 Å². The largest absolute Gasteiger partial charge is 0.333 e. The number of benzene rings is 2. The molecule has 7 heteroatoms. The van der Waals surface area contributed by atoms with Crippen LogP contribution in [0.15, 0.2) is 58.6 Å². The number of halogens is 1. The zero-order chi connectivity index (χ0) is 15.6. The highest BCUT2D eigenvalue weighted by Gasteiger charge is 2.14. The molecule has 22 heavy (non-hydrogen) atoms. The number of fused-ring (bicyclic) bond motifs is 1. The molecule has 0 saturated carbocycles. The monoisotopic (exact) mass is 352 g/mol. The molecule has 0 aliphatic rings. The molecular weight excluding hydrogens is 340 g/mol. The van der Waals surface area contributed by atoms with Crippen LogP contribution in [0.5, 0.6) is 0 Å². The minimum atomic E-state index is -3.25. The van der Waals surface area contributed by atoms with Gasteiger partial charge < -0.3 is 4.98 Å². The number of aromatic amines is 1. The maximum Gasteiger partial charge on any atom is 0.179 e. The Kier molecular flexibility index (Phi) is 4.42. The fourth-order valence-corrected chi connectivity index (χ4v) is 4.75. The Morgan fingerprint density at radius 1 is 1.14 bits per heavy atom. The van der Waals surface area contributed by atoms with E-state index in [0.717, 1.165) is 11.0 Å². The van der Waals surface area contributed by atoms with Crippen LogP contribution in [-0.2, 0) is 9.84 Å². The summed E-state index contributed by atoms with van der Waals surface area (Å²) in [4.78, 5) is 7.89. The van der Waals surface area contributed by atoms with E-state index >= 15 is 0 Å². The standard InChI is InChI=1S/C15H13ClN2O2S2/c16-11-6-7-13-14(10-11)18-15(17-13)21-8-9-22(19,20)12-4-2-1-3-5-12/h1-7,10H,8-9H2,(H,17,18). The van der Waals surface area contributed by atoms with E-state index in [1.807, 2.05) is 6.07 Å². The molecular formula is C15H13ClN2O2S2. The number of thioether (sulfide) groups is 1. The Morgan fingerprint density at radius 3 is 2.68 bits per heavy atom. The van der Waals surface area contributed by atoms with Crippen molar-refractivity contribution in [2.24, 2.45) is 0 Å². The molecule has 3 rings (SSSR count). The van der Waals surface area contributed by atoms with E-state index in [-0.39, 0.29) is 5.75 Å². The molecule has 2 aromatic carbocycles. The van der Waals surface area contributed by atoms with E-state index in [1.165, 1.54) is 11.8 Å². The smallest absolute Gasteiger partial charge is 0.179 e. The van der Waals surface area contributed by atoms with Crippen molar-refractivity contribution in [1.82, 2.24) is 9.97 Å². The highest BCUT2D eigenvalue weighted by atomic mass is 35.5. The Morgan fingerprint density at radius 2 is 1.91 bits per heavy atom. The fraction of sp³-hybridized carbons (Fsp3) is 0.133. The van der Waals surface area contributed by atoms with Crippen LogP contribution in [0.1, 0.15) is 0 Å². The molecule has 1 heterocycles. The minimum absolute atomic E-state index is 0.0689. The van der Waals surface area contributed by atoms with Crippen LogP contribution in [0.2, 0.25) is 5.02 Å². The Balaban J connectivity index is 1.67. The van der Waals surface area contributed by atoms with Crippen molar-refractivity contribution in [3.8, 4) is 0 Å². The molecule has 4 nitrogen and oxygen atoms in total. The molecule has 0 aliphatic heterocycles. The first-order valence-corrected chi connectivity index (χ1v) is 9.62. The van der Waals surface area contributed by atoms with Gasteiger partial charge in [0.25, 0.3) is 0 Å². The van der Waals surface area contributed by atoms with E-state index in [2.05, 4.69) is 9.97 Å². The topological polar surface area (TPSA) is 62.8 Å². The van der Waals surface area contributed by atoms with Crippen LogP contribution < -0.4 is 0 Å². The highest BCUT2D eigenvalue weighted by Crippen LogP contribution is 2.23. The van der Waals surface area contributed by atoms with Crippen molar-refractivity contribution in [3.05, 3.63) is 53.6 Å². The quantitative estimate of drug-likeness (QED) is 0.710. The van der Waals surface area contributed by atoms with Crippen molar-refractivity contribution < 1.29 is 8.42 Å². The second kappa shape index (κ2) is 6.32. The molecule has 0 unspecified atom stereocenters. The third-order valence-electron chi connectivity index (χ3n) is 3.12. The number of rotatable bonds is 5. The van der Waals surface area contributed by atoms with Crippen molar-refractivity contribution >= 4 is 44.2 Å². The first-order valence-electron chi connectivity index (χ1n) is 6.60. The molecule has 114 valence electrons. The molecule has 3 aromatic rings. The number of nitrogens with one attached hydrogen (secondary N) is 1. The summed E-state index contributed by atoms with van der Waals surface area (Å²) in [5.74, 6) is 0.504. The van der Waals surface area contributed by atoms with Crippen molar-refractivity contribution in [3.63, 3.8) is 0 Å². The Hall–Kier alpha value is -1.50. The number of imidazole rings is 1. The molecule has 0 fully saturated rings. The summed E-state index contributed by atoms with van der Waals surface area (Å²) in [7, 11) is -3.25. The van der Waals surface area contributed by atoms with Gasteiger partial charge in [0.1, 0.15) is 0 Å². The van der Waals surface area contributed by atoms with Gasteiger partial charge in [0.2, 0.25) is 0 Å². The molecule has 0 amide bonds. The van der Waals surface area contributed by atoms with Crippen LogP contribution in [0, 0.1) is 0 Å². The number of H-pyrrole nitrogens is 1. The molecule has 0 aliphatic carbocycles. The van der Waals surface area contributed by atoms with Gasteiger partial charge >= 0.3 is 0 Å². The lowest BCUT2D eigenvalue weighted by molar-refractivity contribution is 0.597. The summed E-state index contributed by atoms with van der Waals surface area (Å²) < 4.78 is 24.4. The van der Waals surface area contributed by atoms with E-state index in [0.29, 0.717) is 20.8 Å². The summed E-state index contributed by atoms with van der Waals surface area (Å²) in [6, 6.07) is 13.9. The maximum atomic E-state index is 12.2. The van der Waals surface area contributed by atoms with Crippen LogP contribution >= 0.6 is 23.4 Å². The molecule has 0 spiro atoms. The summed E-state index contributed by atoms with van der Waals surface area (Å²) in [6.45, 7) is 0. The van der Waals surface area contributed by atoms with E-state index in [1.54, 1.807) is 42.5 Å². The van der Waals surface area contributed by atoms with E-state index in [9.17, 15) is 8.42 Å². The fourth-order valence-electron chi connectivity index (χ4n) is 2.02. The zero-order valence-corrected chi connectivity index (χ0v) is 13.9. The first-order chi connectivity index (χ1) is 10.5. The molecule has 0 radical (unpaired) electrons.